The van der Waals surface area contributed by atoms with Gasteiger partial charge < -0.3 is 15.5 Å². The highest BCUT2D eigenvalue weighted by molar-refractivity contribution is 5.62. The SMILES string of the molecule is CC(C)CN(CCN(C)C)c1cc(N)cc([N+](=O)[O-])c1. The van der Waals surface area contributed by atoms with Crippen LogP contribution in [-0.2, 0) is 0 Å². The van der Waals surface area contributed by atoms with Crippen LogP contribution in [0, 0.1) is 16.0 Å². The molecule has 1 rings (SSSR count). The number of hydrogen-bond acceptors (Lipinski definition) is 5. The van der Waals surface area contributed by atoms with E-state index in [9.17, 15) is 10.1 Å². The number of nitro groups is 1. The lowest BCUT2D eigenvalue weighted by atomic mass is 10.1. The zero-order chi connectivity index (χ0) is 15.3. The second-order valence-electron chi connectivity index (χ2n) is 5.68. The summed E-state index contributed by atoms with van der Waals surface area (Å²) < 4.78 is 0. The molecule has 0 bridgehead atoms. The fourth-order valence-electron chi connectivity index (χ4n) is 1.99. The quantitative estimate of drug-likeness (QED) is 0.471. The van der Waals surface area contributed by atoms with Crippen molar-refractivity contribution in [3.8, 4) is 0 Å². The summed E-state index contributed by atoms with van der Waals surface area (Å²) >= 11 is 0. The van der Waals surface area contributed by atoms with E-state index in [1.54, 1.807) is 12.1 Å². The lowest BCUT2D eigenvalue weighted by Crippen LogP contribution is -2.34. The third-order valence-electron chi connectivity index (χ3n) is 2.90. The number of rotatable bonds is 7. The fourth-order valence-corrected chi connectivity index (χ4v) is 1.99. The Kier molecular flexibility index (Phi) is 5.76. The molecule has 1 aromatic rings. The summed E-state index contributed by atoms with van der Waals surface area (Å²) in [6.45, 7) is 6.79. The van der Waals surface area contributed by atoms with Gasteiger partial charge in [-0.2, -0.15) is 0 Å². The van der Waals surface area contributed by atoms with E-state index in [1.807, 2.05) is 14.1 Å². The number of anilines is 2. The Labute approximate surface area is 120 Å². The van der Waals surface area contributed by atoms with Gasteiger partial charge in [-0.05, 0) is 26.1 Å². The summed E-state index contributed by atoms with van der Waals surface area (Å²) in [5.74, 6) is 0.470. The molecular weight excluding hydrogens is 256 g/mol. The van der Waals surface area contributed by atoms with Crippen molar-refractivity contribution in [2.75, 3.05) is 44.4 Å². The number of benzene rings is 1. The minimum Gasteiger partial charge on any atom is -0.398 e. The van der Waals surface area contributed by atoms with Crippen LogP contribution < -0.4 is 10.6 Å². The predicted octanol–water partition coefficient (Wildman–Crippen LogP) is 2.20. The molecule has 0 heterocycles. The highest BCUT2D eigenvalue weighted by Gasteiger charge is 2.14. The van der Waals surface area contributed by atoms with Crippen molar-refractivity contribution in [2.24, 2.45) is 5.92 Å². The van der Waals surface area contributed by atoms with Crippen LogP contribution in [0.5, 0.6) is 0 Å². The van der Waals surface area contributed by atoms with Gasteiger partial charge >= 0.3 is 0 Å². The van der Waals surface area contributed by atoms with Crippen LogP contribution in [0.1, 0.15) is 13.8 Å². The number of nitrogen functional groups attached to an aromatic ring is 1. The van der Waals surface area contributed by atoms with E-state index < -0.39 is 4.92 Å². The topological polar surface area (TPSA) is 75.6 Å². The molecule has 0 aromatic heterocycles. The molecule has 0 spiro atoms. The van der Waals surface area contributed by atoms with E-state index in [1.165, 1.54) is 6.07 Å². The van der Waals surface area contributed by atoms with Gasteiger partial charge in [-0.25, -0.2) is 0 Å². The smallest absolute Gasteiger partial charge is 0.273 e. The summed E-state index contributed by atoms with van der Waals surface area (Å²) in [5.41, 5.74) is 7.06. The maximum absolute atomic E-state index is 10.9. The number of nitrogens with zero attached hydrogens (tertiary/aromatic N) is 3. The Morgan fingerprint density at radius 1 is 1.25 bits per heavy atom. The molecule has 20 heavy (non-hydrogen) atoms. The normalized spacial score (nSPS) is 11.1. The van der Waals surface area contributed by atoms with Gasteiger partial charge in [-0.3, -0.25) is 10.1 Å². The molecule has 0 saturated carbocycles. The first-order valence-electron chi connectivity index (χ1n) is 6.74. The van der Waals surface area contributed by atoms with Gasteiger partial charge in [-0.1, -0.05) is 13.8 Å². The van der Waals surface area contributed by atoms with E-state index in [-0.39, 0.29) is 5.69 Å². The summed E-state index contributed by atoms with van der Waals surface area (Å²) in [6.07, 6.45) is 0. The summed E-state index contributed by atoms with van der Waals surface area (Å²) in [5, 5.41) is 10.9. The zero-order valence-electron chi connectivity index (χ0n) is 12.7. The average Bonchev–Trinajstić information content (AvgIpc) is 2.32. The van der Waals surface area contributed by atoms with Gasteiger partial charge in [0.15, 0.2) is 0 Å². The van der Waals surface area contributed by atoms with Crippen LogP contribution in [-0.4, -0.2) is 43.6 Å². The van der Waals surface area contributed by atoms with E-state index in [4.69, 9.17) is 5.73 Å². The highest BCUT2D eigenvalue weighted by atomic mass is 16.6. The van der Waals surface area contributed by atoms with Crippen molar-refractivity contribution in [1.29, 1.82) is 0 Å². The standard InChI is InChI=1S/C14H24N4O2/c1-11(2)10-17(6-5-16(3)4)13-7-12(15)8-14(9-13)18(19)20/h7-9,11H,5-6,10,15H2,1-4H3. The molecule has 0 radical (unpaired) electrons. The molecule has 0 amide bonds. The Morgan fingerprint density at radius 3 is 2.40 bits per heavy atom. The molecular formula is C14H24N4O2. The lowest BCUT2D eigenvalue weighted by molar-refractivity contribution is -0.384. The van der Waals surface area contributed by atoms with E-state index in [2.05, 4.69) is 23.6 Å². The van der Waals surface area contributed by atoms with Gasteiger partial charge in [0.1, 0.15) is 0 Å². The monoisotopic (exact) mass is 280 g/mol. The second kappa shape index (κ2) is 7.09. The minimum atomic E-state index is -0.403. The van der Waals surface area contributed by atoms with Crippen LogP contribution in [0.3, 0.4) is 0 Å². The number of non-ortho nitro benzene ring substituents is 1. The Balaban J connectivity index is 3.02. The molecule has 0 unspecified atom stereocenters. The molecule has 0 aliphatic heterocycles. The van der Waals surface area contributed by atoms with Crippen LogP contribution in [0.2, 0.25) is 0 Å². The van der Waals surface area contributed by atoms with Crippen molar-refractivity contribution in [1.82, 2.24) is 4.90 Å². The number of likely N-dealkylation sites (N-methyl/N-ethyl adjacent to an activating group) is 1. The molecule has 1 aromatic carbocycles. The Hall–Kier alpha value is -1.82. The second-order valence-corrected chi connectivity index (χ2v) is 5.68. The molecule has 0 atom stereocenters. The van der Waals surface area contributed by atoms with Crippen LogP contribution >= 0.6 is 0 Å². The van der Waals surface area contributed by atoms with Gasteiger partial charge in [0.25, 0.3) is 5.69 Å². The maximum atomic E-state index is 10.9. The molecule has 6 nitrogen and oxygen atoms in total. The molecule has 6 heteroatoms. The van der Waals surface area contributed by atoms with Crippen LogP contribution in [0.25, 0.3) is 0 Å². The minimum absolute atomic E-state index is 0.0404. The fraction of sp³-hybridized carbons (Fsp3) is 0.571. The Bertz CT molecular complexity index is 460. The van der Waals surface area contributed by atoms with Crippen molar-refractivity contribution >= 4 is 17.1 Å². The third kappa shape index (κ3) is 5.05. The third-order valence-corrected chi connectivity index (χ3v) is 2.90. The van der Waals surface area contributed by atoms with Gasteiger partial charge in [-0.15, -0.1) is 0 Å². The van der Waals surface area contributed by atoms with Crippen LogP contribution in [0.4, 0.5) is 17.1 Å². The van der Waals surface area contributed by atoms with Gasteiger partial charge in [0, 0.05) is 43.1 Å². The first-order chi connectivity index (χ1) is 9.29. The Morgan fingerprint density at radius 2 is 1.90 bits per heavy atom. The molecule has 0 fully saturated rings. The molecule has 0 saturated heterocycles. The van der Waals surface area contributed by atoms with Gasteiger partial charge in [0.05, 0.1) is 4.92 Å². The average molecular weight is 280 g/mol. The zero-order valence-corrected chi connectivity index (χ0v) is 12.7. The first-order valence-corrected chi connectivity index (χ1v) is 6.74. The van der Waals surface area contributed by atoms with E-state index >= 15 is 0 Å². The van der Waals surface area contributed by atoms with Crippen molar-refractivity contribution in [2.45, 2.75) is 13.8 Å². The van der Waals surface area contributed by atoms with Crippen molar-refractivity contribution in [3.05, 3.63) is 28.3 Å². The van der Waals surface area contributed by atoms with Crippen molar-refractivity contribution in [3.63, 3.8) is 0 Å². The lowest BCUT2D eigenvalue weighted by Gasteiger charge is -2.28. The number of nitrogens with two attached hydrogens (primary N) is 1. The molecule has 0 aliphatic rings. The molecule has 2 N–H and O–H groups in total. The molecule has 112 valence electrons. The van der Waals surface area contributed by atoms with Crippen LogP contribution in [0.15, 0.2) is 18.2 Å². The number of nitro benzene ring substituents is 1. The van der Waals surface area contributed by atoms with E-state index in [0.29, 0.717) is 11.6 Å². The number of hydrogen-bond donors (Lipinski definition) is 1. The highest BCUT2D eigenvalue weighted by Crippen LogP contribution is 2.26. The van der Waals surface area contributed by atoms with E-state index in [0.717, 1.165) is 25.3 Å². The predicted molar refractivity (Wildman–Crippen MR) is 83.1 cm³/mol. The van der Waals surface area contributed by atoms with Gasteiger partial charge in [0.2, 0.25) is 0 Å². The van der Waals surface area contributed by atoms with Crippen molar-refractivity contribution < 1.29 is 4.92 Å². The summed E-state index contributed by atoms with van der Waals surface area (Å²) in [7, 11) is 4.02. The largest absolute Gasteiger partial charge is 0.398 e. The molecule has 0 aliphatic carbocycles. The summed E-state index contributed by atoms with van der Waals surface area (Å²) in [4.78, 5) is 14.8. The first kappa shape index (κ1) is 16.2. The summed E-state index contributed by atoms with van der Waals surface area (Å²) in [6, 6.07) is 4.78. The maximum Gasteiger partial charge on any atom is 0.273 e.